The number of nitrogens with one attached hydrogen (secondary N) is 1. The van der Waals surface area contributed by atoms with Crippen molar-refractivity contribution in [3.63, 3.8) is 0 Å². The molecule has 1 N–H and O–H groups in total. The molecule has 0 bridgehead atoms. The Hall–Kier alpha value is -3.78. The molecule has 1 aliphatic rings. The highest BCUT2D eigenvalue weighted by Crippen LogP contribution is 2.35. The van der Waals surface area contributed by atoms with Crippen LogP contribution < -0.4 is 10.6 Å². The Kier molecular flexibility index (Phi) is 5.28. The number of para-hydroxylation sites is 1. The molecule has 5 rings (SSSR count). The van der Waals surface area contributed by atoms with Crippen LogP contribution in [-0.4, -0.2) is 33.5 Å². The third kappa shape index (κ3) is 3.80. The standard InChI is InChI=1S/C24H21N5O2S/c1-28(15-21-25-18-12-13-32-22(18)23(30)26-21)24(31)19-14-20(16-8-4-2-5-9-16)29(27-19)17-10-6-3-7-11-17/h2-13,20H,14-15H2,1H3,(H,25,26,30)/t20-/m1/s1. The quantitative estimate of drug-likeness (QED) is 0.506. The van der Waals surface area contributed by atoms with Crippen LogP contribution in [0, 0.1) is 0 Å². The first-order chi connectivity index (χ1) is 15.6. The smallest absolute Gasteiger partial charge is 0.270 e. The largest absolute Gasteiger partial charge is 0.333 e. The fourth-order valence-corrected chi connectivity index (χ4v) is 4.63. The Morgan fingerprint density at radius 1 is 1.12 bits per heavy atom. The number of carbonyl (C=O) groups excluding carboxylic acids is 1. The number of aromatic nitrogens is 2. The molecule has 0 fully saturated rings. The molecule has 0 saturated heterocycles. The molecular weight excluding hydrogens is 422 g/mol. The topological polar surface area (TPSA) is 81.7 Å². The monoisotopic (exact) mass is 443 g/mol. The molecule has 0 saturated carbocycles. The number of benzene rings is 2. The highest BCUT2D eigenvalue weighted by molar-refractivity contribution is 7.17. The summed E-state index contributed by atoms with van der Waals surface area (Å²) in [6, 6.07) is 21.7. The van der Waals surface area contributed by atoms with Crippen molar-refractivity contribution in [1.29, 1.82) is 0 Å². The van der Waals surface area contributed by atoms with E-state index in [1.807, 2.05) is 65.0 Å². The van der Waals surface area contributed by atoms with E-state index in [2.05, 4.69) is 22.1 Å². The normalized spacial score (nSPS) is 15.7. The maximum Gasteiger partial charge on any atom is 0.270 e. The van der Waals surface area contributed by atoms with E-state index in [1.54, 1.807) is 11.9 Å². The number of H-pyrrole nitrogens is 1. The summed E-state index contributed by atoms with van der Waals surface area (Å²) >= 11 is 1.35. The number of carbonyl (C=O) groups is 1. The van der Waals surface area contributed by atoms with E-state index in [0.29, 0.717) is 28.2 Å². The van der Waals surface area contributed by atoms with Crippen molar-refractivity contribution < 1.29 is 4.79 Å². The second kappa shape index (κ2) is 8.39. The van der Waals surface area contributed by atoms with Crippen LogP contribution in [-0.2, 0) is 11.3 Å². The van der Waals surface area contributed by atoms with Crippen molar-refractivity contribution >= 4 is 38.9 Å². The number of anilines is 1. The fraction of sp³-hybridized carbons (Fsp3) is 0.167. The van der Waals surface area contributed by atoms with E-state index in [-0.39, 0.29) is 24.1 Å². The number of aromatic amines is 1. The number of fused-ring (bicyclic) bond motifs is 1. The highest BCUT2D eigenvalue weighted by atomic mass is 32.1. The van der Waals surface area contributed by atoms with E-state index in [1.165, 1.54) is 11.3 Å². The van der Waals surface area contributed by atoms with Crippen molar-refractivity contribution in [1.82, 2.24) is 14.9 Å². The minimum absolute atomic E-state index is 0.0639. The van der Waals surface area contributed by atoms with Gasteiger partial charge in [-0.3, -0.25) is 14.6 Å². The van der Waals surface area contributed by atoms with Crippen molar-refractivity contribution in [2.75, 3.05) is 12.1 Å². The summed E-state index contributed by atoms with van der Waals surface area (Å²) in [7, 11) is 1.70. The van der Waals surface area contributed by atoms with Gasteiger partial charge in [-0.05, 0) is 29.1 Å². The van der Waals surface area contributed by atoms with Crippen LogP contribution in [0.4, 0.5) is 5.69 Å². The van der Waals surface area contributed by atoms with Crippen LogP contribution in [0.1, 0.15) is 23.9 Å². The Morgan fingerprint density at radius 2 is 1.84 bits per heavy atom. The molecule has 1 aliphatic heterocycles. The maximum atomic E-state index is 13.3. The molecule has 32 heavy (non-hydrogen) atoms. The summed E-state index contributed by atoms with van der Waals surface area (Å²) in [4.78, 5) is 34.3. The van der Waals surface area contributed by atoms with Gasteiger partial charge in [-0.2, -0.15) is 5.10 Å². The van der Waals surface area contributed by atoms with Crippen LogP contribution in [0.15, 0.2) is 82.0 Å². The van der Waals surface area contributed by atoms with Crippen molar-refractivity contribution in [2.45, 2.75) is 19.0 Å². The Labute approximate surface area is 188 Å². The van der Waals surface area contributed by atoms with Gasteiger partial charge < -0.3 is 9.88 Å². The Balaban J connectivity index is 1.41. The summed E-state index contributed by atoms with van der Waals surface area (Å²) in [5.74, 6) is 0.271. The SMILES string of the molecule is CN(Cc1nc2ccsc2c(=O)[nH]1)C(=O)C1=NN(c2ccccc2)[C@@H](c2ccccc2)C1. The summed E-state index contributed by atoms with van der Waals surface area (Å²) in [6.45, 7) is 0.195. The predicted octanol–water partition coefficient (Wildman–Crippen LogP) is 3.95. The molecule has 0 unspecified atom stereocenters. The van der Waals surface area contributed by atoms with E-state index in [9.17, 15) is 9.59 Å². The van der Waals surface area contributed by atoms with Gasteiger partial charge in [0.1, 0.15) is 16.2 Å². The molecule has 4 aromatic rings. The number of hydrogen-bond donors (Lipinski definition) is 1. The number of rotatable bonds is 5. The zero-order valence-electron chi connectivity index (χ0n) is 17.4. The lowest BCUT2D eigenvalue weighted by Crippen LogP contribution is -2.33. The van der Waals surface area contributed by atoms with E-state index < -0.39 is 0 Å². The van der Waals surface area contributed by atoms with Gasteiger partial charge in [-0.15, -0.1) is 11.3 Å². The number of amides is 1. The zero-order valence-corrected chi connectivity index (χ0v) is 18.2. The maximum absolute atomic E-state index is 13.3. The van der Waals surface area contributed by atoms with Gasteiger partial charge in [0, 0.05) is 13.5 Å². The van der Waals surface area contributed by atoms with Gasteiger partial charge in [0.2, 0.25) is 0 Å². The van der Waals surface area contributed by atoms with E-state index in [0.717, 1.165) is 11.3 Å². The highest BCUT2D eigenvalue weighted by Gasteiger charge is 2.33. The minimum atomic E-state index is -0.183. The molecule has 3 heterocycles. The summed E-state index contributed by atoms with van der Waals surface area (Å²) in [5, 5.41) is 8.45. The molecule has 2 aromatic heterocycles. The van der Waals surface area contributed by atoms with Crippen LogP contribution in [0.2, 0.25) is 0 Å². The van der Waals surface area contributed by atoms with Crippen LogP contribution in [0.25, 0.3) is 10.2 Å². The molecular formula is C24H21N5O2S. The van der Waals surface area contributed by atoms with Gasteiger partial charge in [0.05, 0.1) is 23.8 Å². The van der Waals surface area contributed by atoms with Gasteiger partial charge in [0.25, 0.3) is 11.5 Å². The minimum Gasteiger partial charge on any atom is -0.333 e. The van der Waals surface area contributed by atoms with Gasteiger partial charge in [0.15, 0.2) is 0 Å². The third-order valence-corrected chi connectivity index (χ3v) is 6.36. The molecule has 8 heteroatoms. The summed E-state index contributed by atoms with van der Waals surface area (Å²) in [6.07, 6.45) is 0.496. The first-order valence-electron chi connectivity index (χ1n) is 10.3. The molecule has 0 spiro atoms. The Morgan fingerprint density at radius 3 is 2.59 bits per heavy atom. The Bertz CT molecular complexity index is 1350. The zero-order chi connectivity index (χ0) is 22.1. The first-order valence-corrected chi connectivity index (χ1v) is 11.2. The predicted molar refractivity (Wildman–Crippen MR) is 127 cm³/mol. The molecule has 160 valence electrons. The third-order valence-electron chi connectivity index (χ3n) is 5.46. The molecule has 1 amide bonds. The fourth-order valence-electron chi connectivity index (χ4n) is 3.91. The summed E-state index contributed by atoms with van der Waals surface area (Å²) < 4.78 is 0.590. The van der Waals surface area contributed by atoms with Gasteiger partial charge in [-0.1, -0.05) is 48.5 Å². The van der Waals surface area contributed by atoms with Crippen LogP contribution in [0.3, 0.4) is 0 Å². The average molecular weight is 444 g/mol. The lowest BCUT2D eigenvalue weighted by molar-refractivity contribution is -0.123. The molecule has 7 nitrogen and oxygen atoms in total. The van der Waals surface area contributed by atoms with Crippen LogP contribution >= 0.6 is 11.3 Å². The van der Waals surface area contributed by atoms with Crippen molar-refractivity contribution in [2.24, 2.45) is 5.10 Å². The molecule has 1 atom stereocenters. The number of nitrogens with zero attached hydrogens (tertiary/aromatic N) is 4. The van der Waals surface area contributed by atoms with E-state index >= 15 is 0 Å². The van der Waals surface area contributed by atoms with Crippen molar-refractivity contribution in [3.05, 3.63) is 93.9 Å². The lowest BCUT2D eigenvalue weighted by Gasteiger charge is -2.23. The molecule has 2 aromatic carbocycles. The summed E-state index contributed by atoms with van der Waals surface area (Å²) in [5.41, 5.74) is 2.97. The van der Waals surface area contributed by atoms with E-state index in [4.69, 9.17) is 5.10 Å². The van der Waals surface area contributed by atoms with Gasteiger partial charge >= 0.3 is 0 Å². The first kappa shape index (κ1) is 20.1. The second-order valence-corrected chi connectivity index (χ2v) is 8.58. The van der Waals surface area contributed by atoms with Crippen molar-refractivity contribution in [3.8, 4) is 0 Å². The van der Waals surface area contributed by atoms with Gasteiger partial charge in [-0.25, -0.2) is 4.98 Å². The average Bonchev–Trinajstić information content (AvgIpc) is 3.47. The molecule has 0 aliphatic carbocycles. The lowest BCUT2D eigenvalue weighted by atomic mass is 10.0. The molecule has 0 radical (unpaired) electrons. The van der Waals surface area contributed by atoms with Crippen LogP contribution in [0.5, 0.6) is 0 Å². The number of hydrazone groups is 1. The second-order valence-electron chi connectivity index (χ2n) is 7.67. The number of hydrogen-bond acceptors (Lipinski definition) is 6. The number of thiophene rings is 1.